The lowest BCUT2D eigenvalue weighted by atomic mass is 10.3. The van der Waals surface area contributed by atoms with Crippen LogP contribution < -0.4 is 4.74 Å². The normalized spacial score (nSPS) is 10.1. The highest BCUT2D eigenvalue weighted by Crippen LogP contribution is 2.15. The zero-order valence-electron chi connectivity index (χ0n) is 8.47. The van der Waals surface area contributed by atoms with Gasteiger partial charge in [-0.15, -0.1) is 11.6 Å². The number of hydrogen-bond donors (Lipinski definition) is 0. The molecule has 3 nitrogen and oxygen atoms in total. The molecule has 0 saturated carbocycles. The summed E-state index contributed by atoms with van der Waals surface area (Å²) < 4.78 is 6.92. The van der Waals surface area contributed by atoms with E-state index in [0.717, 1.165) is 5.69 Å². The van der Waals surface area contributed by atoms with Crippen molar-refractivity contribution in [2.45, 2.75) is 0 Å². The van der Waals surface area contributed by atoms with Gasteiger partial charge in [-0.1, -0.05) is 0 Å². The van der Waals surface area contributed by atoms with Gasteiger partial charge in [0.1, 0.15) is 11.6 Å². The van der Waals surface area contributed by atoms with Crippen LogP contribution in [0.1, 0.15) is 0 Å². The lowest BCUT2D eigenvalue weighted by Crippen LogP contribution is -2.08. The minimum Gasteiger partial charge on any atom is -0.426 e. The van der Waals surface area contributed by atoms with Crippen LogP contribution in [0.5, 0.6) is 5.75 Å². The molecule has 0 saturated heterocycles. The van der Waals surface area contributed by atoms with E-state index in [2.05, 4.69) is 0 Å². The monoisotopic (exact) mass is 235 g/mol. The summed E-state index contributed by atoms with van der Waals surface area (Å²) in [5, 5.41) is 0. The molecule has 1 heterocycles. The number of ether oxygens (including phenoxy) is 1. The van der Waals surface area contributed by atoms with Crippen LogP contribution >= 0.6 is 11.6 Å². The summed E-state index contributed by atoms with van der Waals surface area (Å²) in [4.78, 5) is 10.9. The van der Waals surface area contributed by atoms with E-state index in [1.807, 2.05) is 41.2 Å². The highest BCUT2D eigenvalue weighted by molar-refractivity contribution is 6.26. The number of carbonyl (C=O) groups excluding carboxylic acids is 1. The van der Waals surface area contributed by atoms with Crippen molar-refractivity contribution in [1.82, 2.24) is 4.57 Å². The van der Waals surface area contributed by atoms with E-state index >= 15 is 0 Å². The second kappa shape index (κ2) is 4.86. The van der Waals surface area contributed by atoms with Gasteiger partial charge in [0.05, 0.1) is 0 Å². The van der Waals surface area contributed by atoms with Crippen LogP contribution in [0.25, 0.3) is 5.69 Å². The van der Waals surface area contributed by atoms with Crippen LogP contribution in [0.4, 0.5) is 0 Å². The third kappa shape index (κ3) is 2.44. The molecule has 0 spiro atoms. The summed E-state index contributed by atoms with van der Waals surface area (Å²) in [7, 11) is 0. The third-order valence-electron chi connectivity index (χ3n) is 2.08. The molecule has 0 aliphatic heterocycles. The standard InChI is InChI=1S/C12H10ClNO2/c13-9-12(15)16-11-5-3-10(4-6-11)14-7-1-2-8-14/h1-8H,9H2. The van der Waals surface area contributed by atoms with Crippen molar-refractivity contribution in [3.63, 3.8) is 0 Å². The molecule has 1 aromatic carbocycles. The Hall–Kier alpha value is -1.74. The lowest BCUT2D eigenvalue weighted by Gasteiger charge is -2.05. The van der Waals surface area contributed by atoms with Gasteiger partial charge in [-0.3, -0.25) is 4.79 Å². The minimum absolute atomic E-state index is 0.140. The zero-order valence-corrected chi connectivity index (χ0v) is 9.22. The number of nitrogens with zero attached hydrogens (tertiary/aromatic N) is 1. The molecule has 16 heavy (non-hydrogen) atoms. The lowest BCUT2D eigenvalue weighted by molar-refractivity contribution is -0.131. The van der Waals surface area contributed by atoms with E-state index in [0.29, 0.717) is 5.75 Å². The highest BCUT2D eigenvalue weighted by atomic mass is 35.5. The maximum absolute atomic E-state index is 10.9. The molecule has 0 bridgehead atoms. The first kappa shape index (κ1) is 10.8. The van der Waals surface area contributed by atoms with Crippen molar-refractivity contribution >= 4 is 17.6 Å². The number of hydrogen-bond acceptors (Lipinski definition) is 2. The topological polar surface area (TPSA) is 31.2 Å². The second-order valence-corrected chi connectivity index (χ2v) is 3.46. The van der Waals surface area contributed by atoms with Crippen molar-refractivity contribution in [3.05, 3.63) is 48.8 Å². The Morgan fingerprint density at radius 1 is 1.19 bits per heavy atom. The fourth-order valence-electron chi connectivity index (χ4n) is 1.35. The van der Waals surface area contributed by atoms with Gasteiger partial charge in [0, 0.05) is 18.1 Å². The van der Waals surface area contributed by atoms with E-state index in [1.54, 1.807) is 12.1 Å². The van der Waals surface area contributed by atoms with Crippen LogP contribution in [0, 0.1) is 0 Å². The van der Waals surface area contributed by atoms with Crippen molar-refractivity contribution in [2.75, 3.05) is 5.88 Å². The second-order valence-electron chi connectivity index (χ2n) is 3.19. The van der Waals surface area contributed by atoms with Gasteiger partial charge in [-0.2, -0.15) is 0 Å². The molecule has 2 aromatic rings. The SMILES string of the molecule is O=C(CCl)Oc1ccc(-n2cccc2)cc1. The average Bonchev–Trinajstić information content (AvgIpc) is 2.83. The number of benzene rings is 1. The molecular formula is C12H10ClNO2. The van der Waals surface area contributed by atoms with Crippen LogP contribution in [0.15, 0.2) is 48.8 Å². The van der Waals surface area contributed by atoms with Crippen LogP contribution in [-0.4, -0.2) is 16.4 Å². The van der Waals surface area contributed by atoms with E-state index in [9.17, 15) is 4.79 Å². The molecule has 0 fully saturated rings. The van der Waals surface area contributed by atoms with Gasteiger partial charge in [-0.05, 0) is 36.4 Å². The molecule has 0 amide bonds. The Morgan fingerprint density at radius 3 is 2.38 bits per heavy atom. The van der Waals surface area contributed by atoms with E-state index < -0.39 is 5.97 Å². The summed E-state index contributed by atoms with van der Waals surface area (Å²) in [6.07, 6.45) is 3.89. The molecule has 82 valence electrons. The molecule has 4 heteroatoms. The summed E-state index contributed by atoms with van der Waals surface area (Å²) in [6.45, 7) is 0. The van der Waals surface area contributed by atoms with Gasteiger partial charge < -0.3 is 9.30 Å². The van der Waals surface area contributed by atoms with Crippen LogP contribution in [-0.2, 0) is 4.79 Å². The van der Waals surface area contributed by atoms with Crippen LogP contribution in [0.2, 0.25) is 0 Å². The van der Waals surface area contributed by atoms with Gasteiger partial charge >= 0.3 is 5.97 Å². The Morgan fingerprint density at radius 2 is 1.81 bits per heavy atom. The number of aromatic nitrogens is 1. The van der Waals surface area contributed by atoms with Gasteiger partial charge in [-0.25, -0.2) is 0 Å². The van der Waals surface area contributed by atoms with Crippen molar-refractivity contribution < 1.29 is 9.53 Å². The molecule has 0 unspecified atom stereocenters. The number of carbonyl (C=O) groups is 1. The van der Waals surface area contributed by atoms with E-state index in [1.165, 1.54) is 0 Å². The summed E-state index contributed by atoms with van der Waals surface area (Å²) >= 11 is 5.34. The average molecular weight is 236 g/mol. The third-order valence-corrected chi connectivity index (χ3v) is 2.30. The summed E-state index contributed by atoms with van der Waals surface area (Å²) in [6, 6.07) is 11.1. The number of alkyl halides is 1. The minimum atomic E-state index is -0.449. The number of esters is 1. The highest BCUT2D eigenvalue weighted by Gasteiger charge is 2.02. The molecule has 2 rings (SSSR count). The molecule has 0 N–H and O–H groups in total. The molecule has 0 radical (unpaired) electrons. The van der Waals surface area contributed by atoms with Crippen molar-refractivity contribution in [3.8, 4) is 11.4 Å². The smallest absolute Gasteiger partial charge is 0.326 e. The first-order valence-electron chi connectivity index (χ1n) is 4.79. The fraction of sp³-hybridized carbons (Fsp3) is 0.0833. The summed E-state index contributed by atoms with van der Waals surface area (Å²) in [5.41, 5.74) is 1.01. The van der Waals surface area contributed by atoms with Crippen molar-refractivity contribution in [1.29, 1.82) is 0 Å². The molecule has 0 aliphatic rings. The first-order chi connectivity index (χ1) is 7.79. The quantitative estimate of drug-likeness (QED) is 0.465. The van der Waals surface area contributed by atoms with Crippen molar-refractivity contribution in [2.24, 2.45) is 0 Å². The van der Waals surface area contributed by atoms with Gasteiger partial charge in [0.25, 0.3) is 0 Å². The summed E-state index contributed by atoms with van der Waals surface area (Å²) in [5.74, 6) is -0.0868. The molecular weight excluding hydrogens is 226 g/mol. The first-order valence-corrected chi connectivity index (χ1v) is 5.33. The Balaban J connectivity index is 2.14. The maximum Gasteiger partial charge on any atom is 0.326 e. The Kier molecular flexibility index (Phi) is 3.27. The van der Waals surface area contributed by atoms with Gasteiger partial charge in [0.15, 0.2) is 0 Å². The molecule has 0 atom stereocenters. The molecule has 1 aromatic heterocycles. The van der Waals surface area contributed by atoms with Gasteiger partial charge in [0.2, 0.25) is 0 Å². The Bertz CT molecular complexity index is 462. The van der Waals surface area contributed by atoms with E-state index in [-0.39, 0.29) is 5.88 Å². The maximum atomic E-state index is 10.9. The number of halogens is 1. The number of rotatable bonds is 3. The fourth-order valence-corrected chi connectivity index (χ4v) is 1.41. The predicted octanol–water partition coefficient (Wildman–Crippen LogP) is 2.62. The van der Waals surface area contributed by atoms with E-state index in [4.69, 9.17) is 16.3 Å². The largest absolute Gasteiger partial charge is 0.426 e. The Labute approximate surface area is 98.2 Å². The van der Waals surface area contributed by atoms with Crippen LogP contribution in [0.3, 0.4) is 0 Å². The predicted molar refractivity (Wildman–Crippen MR) is 62.1 cm³/mol. The molecule has 0 aliphatic carbocycles. The zero-order chi connectivity index (χ0) is 11.4.